The molecule has 2 aromatic carbocycles. The minimum Gasteiger partial charge on any atom is -0.497 e. The molecule has 1 aliphatic rings. The first kappa shape index (κ1) is 23.6. The molecule has 10 heteroatoms. The average Bonchev–Trinajstić information content (AvgIpc) is 2.82. The number of carbonyl (C=O) groups excluding carboxylic acids is 2. The van der Waals surface area contributed by atoms with Crippen molar-refractivity contribution >= 4 is 21.8 Å². The smallest absolute Gasteiger partial charge is 0.273 e. The number of hydrogen-bond donors (Lipinski definition) is 2. The monoisotopic (exact) mass is 461 g/mol. The number of methoxy groups -OCH3 is 2. The summed E-state index contributed by atoms with van der Waals surface area (Å²) < 4.78 is 37.5. The average molecular weight is 462 g/mol. The van der Waals surface area contributed by atoms with Crippen LogP contribution in [0.25, 0.3) is 0 Å². The van der Waals surface area contributed by atoms with Crippen LogP contribution in [0.5, 0.6) is 11.5 Å². The van der Waals surface area contributed by atoms with E-state index in [0.717, 1.165) is 5.56 Å². The maximum absolute atomic E-state index is 12.9. The quantitative estimate of drug-likeness (QED) is 0.635. The van der Waals surface area contributed by atoms with E-state index in [1.807, 2.05) is 6.92 Å². The SMILES string of the molecule is COc1ccc(C(=O)NNC(=O)[C@@H]2CCCN(S(=O)(=O)c3ccc(C)cc3)C2)c(OC)c1. The van der Waals surface area contributed by atoms with Crippen LogP contribution in [0.15, 0.2) is 47.4 Å². The maximum Gasteiger partial charge on any atom is 0.273 e. The molecule has 1 heterocycles. The van der Waals surface area contributed by atoms with Crippen LogP contribution in [0.4, 0.5) is 0 Å². The van der Waals surface area contributed by atoms with Crippen LogP contribution in [-0.2, 0) is 14.8 Å². The van der Waals surface area contributed by atoms with Crippen LogP contribution < -0.4 is 20.3 Å². The molecule has 1 fully saturated rings. The van der Waals surface area contributed by atoms with Gasteiger partial charge in [-0.05, 0) is 44.0 Å². The van der Waals surface area contributed by atoms with Crippen LogP contribution in [-0.4, -0.2) is 51.8 Å². The topological polar surface area (TPSA) is 114 Å². The summed E-state index contributed by atoms with van der Waals surface area (Å²) in [5.74, 6) is -0.766. The van der Waals surface area contributed by atoms with Crippen LogP contribution >= 0.6 is 0 Å². The van der Waals surface area contributed by atoms with Crippen molar-refractivity contribution in [3.63, 3.8) is 0 Å². The standard InChI is InChI=1S/C22H27N3O6S/c1-15-6-9-18(10-7-15)32(28,29)25-12-4-5-16(14-25)21(26)23-24-22(27)19-11-8-17(30-2)13-20(19)31-3/h6-11,13,16H,4-5,12,14H2,1-3H3,(H,23,26)(H,24,27)/t16-/m1/s1. The van der Waals surface area contributed by atoms with Gasteiger partial charge in [-0.1, -0.05) is 17.7 Å². The summed E-state index contributed by atoms with van der Waals surface area (Å²) in [5, 5.41) is 0. The Kier molecular flexibility index (Phi) is 7.37. The summed E-state index contributed by atoms with van der Waals surface area (Å²) in [6.07, 6.45) is 1.07. The first-order chi connectivity index (χ1) is 15.3. The number of carbonyl (C=O) groups is 2. The van der Waals surface area contributed by atoms with Gasteiger partial charge in [0.25, 0.3) is 5.91 Å². The highest BCUT2D eigenvalue weighted by Gasteiger charge is 2.33. The third-order valence-corrected chi connectivity index (χ3v) is 7.25. The van der Waals surface area contributed by atoms with Crippen LogP contribution in [0, 0.1) is 12.8 Å². The van der Waals surface area contributed by atoms with E-state index in [-0.39, 0.29) is 17.0 Å². The molecule has 0 aliphatic carbocycles. The van der Waals surface area contributed by atoms with Crippen LogP contribution in [0.2, 0.25) is 0 Å². The summed E-state index contributed by atoms with van der Waals surface area (Å²) in [5.41, 5.74) is 5.96. The number of amides is 2. The number of nitrogens with one attached hydrogen (secondary N) is 2. The lowest BCUT2D eigenvalue weighted by Gasteiger charge is -2.31. The lowest BCUT2D eigenvalue weighted by molar-refractivity contribution is -0.126. The molecule has 3 rings (SSSR count). The predicted octanol–water partition coefficient (Wildman–Crippen LogP) is 1.87. The molecule has 9 nitrogen and oxygen atoms in total. The first-order valence-corrected chi connectivity index (χ1v) is 11.6. The van der Waals surface area contributed by atoms with Gasteiger partial charge in [-0.3, -0.25) is 20.4 Å². The molecule has 0 bridgehead atoms. The predicted molar refractivity (Wildman–Crippen MR) is 118 cm³/mol. The number of hydrogen-bond acceptors (Lipinski definition) is 6. The van der Waals surface area contributed by atoms with Gasteiger partial charge in [0.05, 0.1) is 30.6 Å². The molecule has 2 amide bonds. The van der Waals surface area contributed by atoms with Gasteiger partial charge >= 0.3 is 0 Å². The minimum atomic E-state index is -3.70. The van der Waals surface area contributed by atoms with Crippen molar-refractivity contribution < 1.29 is 27.5 Å². The van der Waals surface area contributed by atoms with E-state index in [4.69, 9.17) is 9.47 Å². The fourth-order valence-electron chi connectivity index (χ4n) is 3.51. The van der Waals surface area contributed by atoms with Gasteiger partial charge in [-0.25, -0.2) is 8.42 Å². The van der Waals surface area contributed by atoms with E-state index < -0.39 is 27.8 Å². The van der Waals surface area contributed by atoms with Gasteiger partial charge in [0.2, 0.25) is 15.9 Å². The van der Waals surface area contributed by atoms with E-state index in [1.165, 1.54) is 24.6 Å². The Balaban J connectivity index is 1.63. The highest BCUT2D eigenvalue weighted by Crippen LogP contribution is 2.25. The highest BCUT2D eigenvalue weighted by molar-refractivity contribution is 7.89. The van der Waals surface area contributed by atoms with E-state index in [2.05, 4.69) is 10.9 Å². The Morgan fingerprint density at radius 1 is 1.03 bits per heavy atom. The van der Waals surface area contributed by atoms with Gasteiger partial charge < -0.3 is 9.47 Å². The number of aryl methyl sites for hydroxylation is 1. The Hall–Kier alpha value is -3.11. The number of ether oxygens (including phenoxy) is 2. The van der Waals surface area contributed by atoms with E-state index in [9.17, 15) is 18.0 Å². The number of rotatable bonds is 6. The fraction of sp³-hybridized carbons (Fsp3) is 0.364. The molecule has 1 saturated heterocycles. The van der Waals surface area contributed by atoms with Crippen LogP contribution in [0.3, 0.4) is 0 Å². The van der Waals surface area contributed by atoms with Crippen molar-refractivity contribution in [2.24, 2.45) is 5.92 Å². The number of sulfonamides is 1. The minimum absolute atomic E-state index is 0.0454. The maximum atomic E-state index is 12.9. The first-order valence-electron chi connectivity index (χ1n) is 10.2. The molecule has 2 N–H and O–H groups in total. The highest BCUT2D eigenvalue weighted by atomic mass is 32.2. The van der Waals surface area contributed by atoms with Gasteiger partial charge in [0, 0.05) is 19.2 Å². The zero-order chi connectivity index (χ0) is 23.3. The van der Waals surface area contributed by atoms with Crippen molar-refractivity contribution in [3.05, 3.63) is 53.6 Å². The van der Waals surface area contributed by atoms with Crippen LogP contribution in [0.1, 0.15) is 28.8 Å². The molecular formula is C22H27N3O6S. The summed E-state index contributed by atoms with van der Waals surface area (Å²) in [4.78, 5) is 25.3. The molecule has 0 aromatic heterocycles. The molecule has 0 unspecified atom stereocenters. The molecule has 32 heavy (non-hydrogen) atoms. The molecule has 2 aromatic rings. The molecule has 0 radical (unpaired) electrons. The zero-order valence-electron chi connectivity index (χ0n) is 18.3. The van der Waals surface area contributed by atoms with Crippen molar-refractivity contribution in [1.82, 2.24) is 15.2 Å². The summed E-state index contributed by atoms with van der Waals surface area (Å²) >= 11 is 0. The third kappa shape index (κ3) is 5.20. The number of hydrazine groups is 1. The van der Waals surface area contributed by atoms with Gasteiger partial charge in [-0.15, -0.1) is 0 Å². The van der Waals surface area contributed by atoms with Gasteiger partial charge in [0.1, 0.15) is 11.5 Å². The molecule has 0 spiro atoms. The third-order valence-electron chi connectivity index (χ3n) is 5.37. The van der Waals surface area contributed by atoms with Gasteiger partial charge in [0.15, 0.2) is 0 Å². The second kappa shape index (κ2) is 10.0. The van der Waals surface area contributed by atoms with Gasteiger partial charge in [-0.2, -0.15) is 4.31 Å². The molecular weight excluding hydrogens is 434 g/mol. The van der Waals surface area contributed by atoms with E-state index in [0.29, 0.717) is 30.9 Å². The summed E-state index contributed by atoms with van der Waals surface area (Å²) in [6, 6.07) is 11.3. The van der Waals surface area contributed by atoms with Crippen molar-refractivity contribution in [2.45, 2.75) is 24.7 Å². The van der Waals surface area contributed by atoms with Crippen molar-refractivity contribution in [3.8, 4) is 11.5 Å². The Bertz CT molecular complexity index is 1090. The Labute approximate surface area is 187 Å². The Morgan fingerprint density at radius 3 is 2.41 bits per heavy atom. The number of piperidine rings is 1. The van der Waals surface area contributed by atoms with Crippen molar-refractivity contribution in [2.75, 3.05) is 27.3 Å². The van der Waals surface area contributed by atoms with E-state index in [1.54, 1.807) is 36.4 Å². The second-order valence-electron chi connectivity index (χ2n) is 7.52. The number of benzene rings is 2. The molecule has 1 atom stereocenters. The lowest BCUT2D eigenvalue weighted by atomic mass is 9.99. The summed E-state index contributed by atoms with van der Waals surface area (Å²) in [6.45, 7) is 2.27. The molecule has 1 aliphatic heterocycles. The summed E-state index contributed by atoms with van der Waals surface area (Å²) in [7, 11) is -0.770. The molecule has 172 valence electrons. The second-order valence-corrected chi connectivity index (χ2v) is 9.46. The largest absolute Gasteiger partial charge is 0.497 e. The molecule has 0 saturated carbocycles. The number of nitrogens with zero attached hydrogens (tertiary/aromatic N) is 1. The van der Waals surface area contributed by atoms with Crippen molar-refractivity contribution in [1.29, 1.82) is 0 Å². The normalized spacial score (nSPS) is 16.8. The Morgan fingerprint density at radius 2 is 1.75 bits per heavy atom. The fourth-order valence-corrected chi connectivity index (χ4v) is 5.03. The zero-order valence-corrected chi connectivity index (χ0v) is 19.1. The van der Waals surface area contributed by atoms with E-state index >= 15 is 0 Å². The lowest BCUT2D eigenvalue weighted by Crippen LogP contribution is -2.50.